The maximum Gasteiger partial charge on any atom is 0.338 e. The van der Waals surface area contributed by atoms with Gasteiger partial charge in [-0.3, -0.25) is 9.59 Å². The van der Waals surface area contributed by atoms with E-state index in [0.29, 0.717) is 32.8 Å². The highest BCUT2D eigenvalue weighted by Gasteiger charge is 2.14. The minimum atomic E-state index is -0.557. The lowest BCUT2D eigenvalue weighted by atomic mass is 10.2. The number of halogens is 2. The summed E-state index contributed by atoms with van der Waals surface area (Å²) in [5.74, 6) is -0.587. The zero-order chi connectivity index (χ0) is 23.8. The predicted octanol–water partition coefficient (Wildman–Crippen LogP) is 4.71. The van der Waals surface area contributed by atoms with E-state index in [4.69, 9.17) is 37.1 Å². The van der Waals surface area contributed by atoms with E-state index in [1.165, 1.54) is 18.2 Å². The molecule has 0 unspecified atom stereocenters. The van der Waals surface area contributed by atoms with E-state index in [1.807, 2.05) is 0 Å². The maximum atomic E-state index is 12.2. The van der Waals surface area contributed by atoms with Crippen molar-refractivity contribution >= 4 is 46.7 Å². The van der Waals surface area contributed by atoms with Crippen LogP contribution in [-0.4, -0.2) is 30.9 Å². The Bertz CT molecular complexity index is 1140. The summed E-state index contributed by atoms with van der Waals surface area (Å²) in [5.41, 5.74) is 0.847. The standard InChI is InChI=1S/C23H20Cl2N2O6/c1-2-31-23(30)14-3-6-16(7-4-14)27-21(28)12-26-22(29)20-10-8-17(33-20)13-32-19-9-5-15(24)11-18(19)25/h3-11H,2,12-13H2,1H3,(H,26,29)(H,27,28). The molecule has 0 atom stereocenters. The number of amides is 2. The topological polar surface area (TPSA) is 107 Å². The van der Waals surface area contributed by atoms with E-state index in [1.54, 1.807) is 43.3 Å². The highest BCUT2D eigenvalue weighted by Crippen LogP contribution is 2.28. The van der Waals surface area contributed by atoms with E-state index < -0.39 is 17.8 Å². The molecule has 2 amide bonds. The molecule has 0 spiro atoms. The minimum absolute atomic E-state index is 0.0300. The fraction of sp³-hybridized carbons (Fsp3) is 0.174. The lowest BCUT2D eigenvalue weighted by Crippen LogP contribution is -2.32. The van der Waals surface area contributed by atoms with Gasteiger partial charge >= 0.3 is 5.97 Å². The first kappa shape index (κ1) is 24.2. The summed E-state index contributed by atoms with van der Waals surface area (Å²) in [7, 11) is 0. The first-order chi connectivity index (χ1) is 15.9. The molecule has 8 nitrogen and oxygen atoms in total. The highest BCUT2D eigenvalue weighted by molar-refractivity contribution is 6.35. The van der Waals surface area contributed by atoms with Gasteiger partial charge in [-0.15, -0.1) is 0 Å². The van der Waals surface area contributed by atoms with Gasteiger partial charge in [0.1, 0.15) is 18.1 Å². The normalized spacial score (nSPS) is 10.4. The van der Waals surface area contributed by atoms with Gasteiger partial charge in [0.25, 0.3) is 5.91 Å². The number of benzene rings is 2. The Morgan fingerprint density at radius 2 is 1.76 bits per heavy atom. The molecule has 172 valence electrons. The number of esters is 1. The number of carbonyl (C=O) groups excluding carboxylic acids is 3. The maximum absolute atomic E-state index is 12.2. The number of anilines is 1. The van der Waals surface area contributed by atoms with Crippen LogP contribution in [0.25, 0.3) is 0 Å². The molecule has 0 aliphatic rings. The van der Waals surface area contributed by atoms with Crippen molar-refractivity contribution in [1.29, 1.82) is 0 Å². The van der Waals surface area contributed by atoms with E-state index in [9.17, 15) is 14.4 Å². The molecule has 0 aliphatic carbocycles. The minimum Gasteiger partial charge on any atom is -0.484 e. The average Bonchev–Trinajstić information content (AvgIpc) is 3.27. The molecule has 2 N–H and O–H groups in total. The van der Waals surface area contributed by atoms with Gasteiger partial charge < -0.3 is 24.5 Å². The molecule has 1 aromatic heterocycles. The molecule has 3 aromatic rings. The van der Waals surface area contributed by atoms with Crippen LogP contribution in [0.3, 0.4) is 0 Å². The van der Waals surface area contributed by atoms with Crippen molar-refractivity contribution in [3.63, 3.8) is 0 Å². The van der Waals surface area contributed by atoms with Gasteiger partial charge in [0.15, 0.2) is 5.76 Å². The van der Waals surface area contributed by atoms with Gasteiger partial charge in [-0.05, 0) is 61.5 Å². The fourth-order valence-corrected chi connectivity index (χ4v) is 3.14. The molecule has 10 heteroatoms. The Morgan fingerprint density at radius 3 is 2.45 bits per heavy atom. The van der Waals surface area contributed by atoms with Crippen LogP contribution in [0.2, 0.25) is 10.0 Å². The summed E-state index contributed by atoms with van der Waals surface area (Å²) in [6.45, 7) is 1.77. The van der Waals surface area contributed by atoms with E-state index in [2.05, 4.69) is 10.6 Å². The van der Waals surface area contributed by atoms with Gasteiger partial charge in [0.2, 0.25) is 5.91 Å². The van der Waals surface area contributed by atoms with Crippen LogP contribution < -0.4 is 15.4 Å². The van der Waals surface area contributed by atoms with Crippen molar-refractivity contribution in [2.45, 2.75) is 13.5 Å². The third-order valence-corrected chi connectivity index (χ3v) is 4.77. The van der Waals surface area contributed by atoms with Crippen LogP contribution in [0.5, 0.6) is 5.75 Å². The van der Waals surface area contributed by atoms with E-state index >= 15 is 0 Å². The molecule has 3 rings (SSSR count). The van der Waals surface area contributed by atoms with Gasteiger partial charge in [-0.1, -0.05) is 23.2 Å². The van der Waals surface area contributed by atoms with E-state index in [-0.39, 0.29) is 25.5 Å². The van der Waals surface area contributed by atoms with Crippen molar-refractivity contribution < 1.29 is 28.3 Å². The number of ether oxygens (including phenoxy) is 2. The molecule has 0 saturated heterocycles. The highest BCUT2D eigenvalue weighted by atomic mass is 35.5. The number of rotatable bonds is 9. The van der Waals surface area contributed by atoms with Crippen LogP contribution in [0.15, 0.2) is 59.0 Å². The van der Waals surface area contributed by atoms with Gasteiger partial charge in [0.05, 0.1) is 23.7 Å². The van der Waals surface area contributed by atoms with Crippen LogP contribution in [0.4, 0.5) is 5.69 Å². The zero-order valence-corrected chi connectivity index (χ0v) is 19.0. The summed E-state index contributed by atoms with van der Waals surface area (Å²) in [6, 6.07) is 14.1. The third kappa shape index (κ3) is 7.00. The number of hydrogen-bond acceptors (Lipinski definition) is 6. The monoisotopic (exact) mass is 490 g/mol. The molecule has 0 fully saturated rings. The number of nitrogens with one attached hydrogen (secondary N) is 2. The Balaban J connectivity index is 1.46. The molecule has 1 heterocycles. The van der Waals surface area contributed by atoms with Crippen molar-refractivity contribution in [3.05, 3.63) is 81.7 Å². The van der Waals surface area contributed by atoms with Crippen LogP contribution in [-0.2, 0) is 16.1 Å². The summed E-state index contributed by atoms with van der Waals surface area (Å²) in [6.07, 6.45) is 0. The first-order valence-electron chi connectivity index (χ1n) is 9.87. The summed E-state index contributed by atoms with van der Waals surface area (Å²) < 4.78 is 15.9. The van der Waals surface area contributed by atoms with Gasteiger partial charge in [-0.25, -0.2) is 4.79 Å². The van der Waals surface area contributed by atoms with Gasteiger partial charge in [-0.2, -0.15) is 0 Å². The van der Waals surface area contributed by atoms with Crippen LogP contribution in [0.1, 0.15) is 33.6 Å². The number of hydrogen-bond donors (Lipinski definition) is 2. The second-order valence-electron chi connectivity index (χ2n) is 6.66. The molecular weight excluding hydrogens is 471 g/mol. The van der Waals surface area contributed by atoms with E-state index in [0.717, 1.165) is 0 Å². The smallest absolute Gasteiger partial charge is 0.338 e. The second kappa shape index (κ2) is 11.4. The van der Waals surface area contributed by atoms with Crippen molar-refractivity contribution in [2.75, 3.05) is 18.5 Å². The average molecular weight is 491 g/mol. The van der Waals surface area contributed by atoms with Crippen molar-refractivity contribution in [2.24, 2.45) is 0 Å². The fourth-order valence-electron chi connectivity index (χ4n) is 2.68. The Labute approximate surface area is 199 Å². The SMILES string of the molecule is CCOC(=O)c1ccc(NC(=O)CNC(=O)c2ccc(COc3ccc(Cl)cc3Cl)o2)cc1. The lowest BCUT2D eigenvalue weighted by molar-refractivity contribution is -0.115. The molecule has 0 bridgehead atoms. The molecule has 0 saturated carbocycles. The Kier molecular flexibility index (Phi) is 8.34. The van der Waals surface area contributed by atoms with Crippen molar-refractivity contribution in [3.8, 4) is 5.75 Å². The molecular formula is C23H20Cl2N2O6. The Hall–Kier alpha value is -3.49. The number of carbonyl (C=O) groups is 3. The first-order valence-corrected chi connectivity index (χ1v) is 10.6. The van der Waals surface area contributed by atoms with Crippen LogP contribution in [0, 0.1) is 0 Å². The largest absolute Gasteiger partial charge is 0.484 e. The molecule has 33 heavy (non-hydrogen) atoms. The third-order valence-electron chi connectivity index (χ3n) is 4.24. The second-order valence-corrected chi connectivity index (χ2v) is 7.50. The van der Waals surface area contributed by atoms with Crippen LogP contribution >= 0.6 is 23.2 Å². The number of furan rings is 1. The van der Waals surface area contributed by atoms with Crippen molar-refractivity contribution in [1.82, 2.24) is 5.32 Å². The Morgan fingerprint density at radius 1 is 1.00 bits per heavy atom. The summed E-state index contributed by atoms with van der Waals surface area (Å²) in [5, 5.41) is 5.94. The molecule has 2 aromatic carbocycles. The van der Waals surface area contributed by atoms with Gasteiger partial charge in [0, 0.05) is 10.7 Å². The summed E-state index contributed by atoms with van der Waals surface area (Å²) >= 11 is 11.9. The lowest BCUT2D eigenvalue weighted by Gasteiger charge is -2.07. The zero-order valence-electron chi connectivity index (χ0n) is 17.5. The molecule has 0 aliphatic heterocycles. The summed E-state index contributed by atoms with van der Waals surface area (Å²) in [4.78, 5) is 36.0. The molecule has 0 radical (unpaired) electrons. The quantitative estimate of drug-likeness (QED) is 0.420. The predicted molar refractivity (Wildman–Crippen MR) is 123 cm³/mol.